The van der Waals surface area contributed by atoms with Crippen LogP contribution < -0.4 is 11.1 Å². The fourth-order valence-electron chi connectivity index (χ4n) is 1.13. The molecule has 1 saturated carbocycles. The van der Waals surface area contributed by atoms with Crippen molar-refractivity contribution in [2.45, 2.75) is 25.4 Å². The zero-order valence-corrected chi connectivity index (χ0v) is 10.3. The van der Waals surface area contributed by atoms with Gasteiger partial charge in [0.2, 0.25) is 0 Å². The summed E-state index contributed by atoms with van der Waals surface area (Å²) in [7, 11) is 0. The summed E-state index contributed by atoms with van der Waals surface area (Å²) >= 11 is 13.1. The Bertz CT molecular complexity index is 385. The molecule has 0 spiro atoms. The van der Waals surface area contributed by atoms with Crippen LogP contribution in [-0.4, -0.2) is 12.0 Å². The van der Waals surface area contributed by atoms with Crippen molar-refractivity contribution in [3.8, 4) is 0 Å². The van der Waals surface area contributed by atoms with Crippen molar-refractivity contribution >= 4 is 40.5 Å². The molecule has 0 unspecified atom stereocenters. The Morgan fingerprint density at radius 3 is 2.87 bits per heavy atom. The monoisotopic (exact) mass is 263 g/mol. The van der Waals surface area contributed by atoms with Crippen LogP contribution in [0.25, 0.3) is 0 Å². The van der Waals surface area contributed by atoms with Gasteiger partial charge in [-0.3, -0.25) is 0 Å². The van der Waals surface area contributed by atoms with E-state index in [4.69, 9.17) is 28.9 Å². The number of nitrogens with zero attached hydrogens (tertiary/aromatic N) is 1. The zero-order valence-electron chi connectivity index (χ0n) is 7.96. The molecule has 1 aliphatic carbocycles. The minimum atomic E-state index is 0.480. The largest absolute Gasteiger partial charge is 0.370 e. The maximum atomic E-state index is 5.95. The van der Waals surface area contributed by atoms with Crippen LogP contribution in [0.1, 0.15) is 18.4 Å². The highest BCUT2D eigenvalue weighted by atomic mass is 35.5. The third-order valence-electron chi connectivity index (χ3n) is 2.08. The molecule has 1 heterocycles. The Labute approximate surface area is 102 Å². The first-order chi connectivity index (χ1) is 7.15. The van der Waals surface area contributed by atoms with E-state index in [1.54, 1.807) is 0 Å². The van der Waals surface area contributed by atoms with Crippen LogP contribution in [0.5, 0.6) is 0 Å². The first-order valence-electron chi connectivity index (χ1n) is 4.65. The van der Waals surface area contributed by atoms with E-state index in [0.29, 0.717) is 27.2 Å². The second-order valence-corrected chi connectivity index (χ2v) is 5.76. The SMILES string of the molecule is NC(=NCc1cc(Cl)sc1Cl)NC1CC1. The summed E-state index contributed by atoms with van der Waals surface area (Å²) in [6.45, 7) is 0.480. The molecule has 0 aliphatic heterocycles. The molecule has 0 saturated heterocycles. The smallest absolute Gasteiger partial charge is 0.189 e. The van der Waals surface area contributed by atoms with Crippen molar-refractivity contribution in [3.05, 3.63) is 20.3 Å². The predicted molar refractivity (Wildman–Crippen MR) is 65.8 cm³/mol. The molecular formula is C9H11Cl2N3S. The molecule has 3 nitrogen and oxygen atoms in total. The lowest BCUT2D eigenvalue weighted by atomic mass is 10.3. The van der Waals surface area contributed by atoms with Crippen LogP contribution in [0.3, 0.4) is 0 Å². The van der Waals surface area contributed by atoms with E-state index in [1.165, 1.54) is 24.2 Å². The molecule has 1 aromatic heterocycles. The Morgan fingerprint density at radius 2 is 2.33 bits per heavy atom. The summed E-state index contributed by atoms with van der Waals surface area (Å²) in [5.41, 5.74) is 6.61. The molecule has 1 aliphatic rings. The Hall–Kier alpha value is -0.450. The number of rotatable bonds is 3. The van der Waals surface area contributed by atoms with Crippen LogP contribution in [0.15, 0.2) is 11.1 Å². The predicted octanol–water partition coefficient (Wildman–Crippen LogP) is 2.62. The average Bonchev–Trinajstić information content (AvgIpc) is 2.89. The fraction of sp³-hybridized carbons (Fsp3) is 0.444. The highest BCUT2D eigenvalue weighted by Crippen LogP contribution is 2.31. The van der Waals surface area contributed by atoms with Crippen molar-refractivity contribution in [2.24, 2.45) is 10.7 Å². The average molecular weight is 264 g/mol. The number of hydrogen-bond acceptors (Lipinski definition) is 2. The summed E-state index contributed by atoms with van der Waals surface area (Å²) in [6, 6.07) is 2.35. The van der Waals surface area contributed by atoms with Crippen molar-refractivity contribution in [3.63, 3.8) is 0 Å². The lowest BCUT2D eigenvalue weighted by Crippen LogP contribution is -2.33. The third kappa shape index (κ3) is 3.26. The molecule has 0 amide bonds. The molecule has 0 radical (unpaired) electrons. The van der Waals surface area contributed by atoms with Crippen molar-refractivity contribution < 1.29 is 0 Å². The molecule has 0 aromatic carbocycles. The highest BCUT2D eigenvalue weighted by molar-refractivity contribution is 7.20. The van der Waals surface area contributed by atoms with Gasteiger partial charge in [0, 0.05) is 11.6 Å². The number of hydrogen-bond donors (Lipinski definition) is 2. The second kappa shape index (κ2) is 4.60. The molecule has 0 bridgehead atoms. The van der Waals surface area contributed by atoms with Gasteiger partial charge < -0.3 is 11.1 Å². The summed E-state index contributed by atoms with van der Waals surface area (Å²) in [4.78, 5) is 4.20. The van der Waals surface area contributed by atoms with E-state index in [0.717, 1.165) is 5.56 Å². The number of nitrogens with two attached hydrogens (primary N) is 1. The number of thiophene rings is 1. The van der Waals surface area contributed by atoms with Crippen molar-refractivity contribution in [1.29, 1.82) is 0 Å². The Kier molecular flexibility index (Phi) is 3.38. The molecule has 1 fully saturated rings. The standard InChI is InChI=1S/C9H11Cl2N3S/c10-7-3-5(8(11)15-7)4-13-9(12)14-6-1-2-6/h3,6H,1-2,4H2,(H3,12,13,14). The van der Waals surface area contributed by atoms with Gasteiger partial charge in [-0.05, 0) is 18.9 Å². The summed E-state index contributed by atoms with van der Waals surface area (Å²) in [5.74, 6) is 0.482. The third-order valence-corrected chi connectivity index (χ3v) is 3.65. The molecule has 15 heavy (non-hydrogen) atoms. The van der Waals surface area contributed by atoms with Crippen molar-refractivity contribution in [2.75, 3.05) is 0 Å². The van der Waals surface area contributed by atoms with Gasteiger partial charge in [0.25, 0.3) is 0 Å². The minimum absolute atomic E-state index is 0.480. The quantitative estimate of drug-likeness (QED) is 0.651. The van der Waals surface area contributed by atoms with Crippen LogP contribution >= 0.6 is 34.5 Å². The highest BCUT2D eigenvalue weighted by Gasteiger charge is 2.21. The molecule has 1 aromatic rings. The molecular weight excluding hydrogens is 253 g/mol. The van der Waals surface area contributed by atoms with Crippen molar-refractivity contribution in [1.82, 2.24) is 5.32 Å². The van der Waals surface area contributed by atoms with E-state index in [-0.39, 0.29) is 0 Å². The molecule has 3 N–H and O–H groups in total. The van der Waals surface area contributed by atoms with Crippen LogP contribution in [0, 0.1) is 0 Å². The molecule has 6 heteroatoms. The lowest BCUT2D eigenvalue weighted by molar-refractivity contribution is 0.879. The summed E-state index contributed by atoms with van der Waals surface area (Å²) < 4.78 is 1.36. The maximum absolute atomic E-state index is 5.95. The van der Waals surface area contributed by atoms with E-state index >= 15 is 0 Å². The van der Waals surface area contributed by atoms with Crippen LogP contribution in [0.4, 0.5) is 0 Å². The number of aliphatic imine (C=N–C) groups is 1. The van der Waals surface area contributed by atoms with Gasteiger partial charge in [0.05, 0.1) is 15.2 Å². The van der Waals surface area contributed by atoms with E-state index < -0.39 is 0 Å². The second-order valence-electron chi connectivity index (χ2n) is 3.47. The van der Waals surface area contributed by atoms with Crippen LogP contribution in [-0.2, 0) is 6.54 Å². The topological polar surface area (TPSA) is 50.4 Å². The van der Waals surface area contributed by atoms with E-state index in [2.05, 4.69) is 10.3 Å². The summed E-state index contributed by atoms with van der Waals surface area (Å²) in [5, 5.41) is 3.11. The van der Waals surface area contributed by atoms with Gasteiger partial charge in [-0.2, -0.15) is 0 Å². The van der Waals surface area contributed by atoms with Gasteiger partial charge >= 0.3 is 0 Å². The molecule has 0 atom stereocenters. The summed E-state index contributed by atoms with van der Waals surface area (Å²) in [6.07, 6.45) is 2.36. The molecule has 2 rings (SSSR count). The van der Waals surface area contributed by atoms with E-state index in [9.17, 15) is 0 Å². The molecule has 82 valence electrons. The van der Waals surface area contributed by atoms with Gasteiger partial charge in [0.1, 0.15) is 0 Å². The number of nitrogens with one attached hydrogen (secondary N) is 1. The zero-order chi connectivity index (χ0) is 10.8. The van der Waals surface area contributed by atoms with Gasteiger partial charge in [-0.1, -0.05) is 23.2 Å². The van der Waals surface area contributed by atoms with Crippen LogP contribution in [0.2, 0.25) is 8.67 Å². The first-order valence-corrected chi connectivity index (χ1v) is 6.22. The number of halogens is 2. The minimum Gasteiger partial charge on any atom is -0.370 e. The van der Waals surface area contributed by atoms with E-state index in [1.807, 2.05) is 6.07 Å². The Balaban J connectivity index is 1.93. The maximum Gasteiger partial charge on any atom is 0.189 e. The first kappa shape index (κ1) is 11.0. The van der Waals surface area contributed by atoms with Gasteiger partial charge in [0.15, 0.2) is 5.96 Å². The number of guanidine groups is 1. The van der Waals surface area contributed by atoms with Gasteiger partial charge in [-0.25, -0.2) is 4.99 Å². The van der Waals surface area contributed by atoms with Gasteiger partial charge in [-0.15, -0.1) is 11.3 Å². The Morgan fingerprint density at radius 1 is 1.60 bits per heavy atom. The lowest BCUT2D eigenvalue weighted by Gasteiger charge is -2.02. The fourth-order valence-corrected chi connectivity index (χ4v) is 2.61. The normalized spacial score (nSPS) is 16.8.